The molecule has 1 aromatic rings. The molecule has 0 saturated heterocycles. The van der Waals surface area contributed by atoms with Gasteiger partial charge in [-0.25, -0.2) is 4.79 Å². The largest absolute Gasteiger partial charge is 0.508 e. The van der Waals surface area contributed by atoms with Gasteiger partial charge in [-0.1, -0.05) is 10.5 Å². The number of isocyanates is 1. The average molecular weight is 213 g/mol. The zero-order valence-corrected chi connectivity index (χ0v) is 8.08. The van der Waals surface area contributed by atoms with Crippen molar-refractivity contribution in [2.24, 2.45) is 4.40 Å². The van der Waals surface area contributed by atoms with Crippen molar-refractivity contribution >= 4 is 16.1 Å². The number of phenolic OH excluding ortho intramolecular Hbond substituents is 1. The minimum atomic E-state index is -4.01. The van der Waals surface area contributed by atoms with E-state index < -0.39 is 10.0 Å². The predicted octanol–water partition coefficient (Wildman–Crippen LogP) is 0.725. The van der Waals surface area contributed by atoms with Crippen molar-refractivity contribution in [3.8, 4) is 5.75 Å². The summed E-state index contributed by atoms with van der Waals surface area (Å²) in [6, 6.07) is 3.71. The third-order valence-corrected chi connectivity index (χ3v) is 2.80. The van der Waals surface area contributed by atoms with E-state index in [4.69, 9.17) is 0 Å². The quantitative estimate of drug-likeness (QED) is 0.579. The van der Waals surface area contributed by atoms with E-state index in [0.717, 1.165) is 12.1 Å². The number of phenols is 1. The number of nitrogens with zero attached hydrogens (tertiary/aromatic N) is 1. The zero-order chi connectivity index (χ0) is 10.8. The zero-order valence-electron chi connectivity index (χ0n) is 7.26. The van der Waals surface area contributed by atoms with E-state index in [1.165, 1.54) is 12.1 Å². The Morgan fingerprint density at radius 2 is 2.07 bits per heavy atom. The van der Waals surface area contributed by atoms with Crippen LogP contribution in [0.1, 0.15) is 5.56 Å². The minimum absolute atomic E-state index is 0.160. The minimum Gasteiger partial charge on any atom is -0.508 e. The van der Waals surface area contributed by atoms with Crippen LogP contribution in [0.15, 0.2) is 27.5 Å². The molecule has 0 aliphatic carbocycles. The first-order valence-corrected chi connectivity index (χ1v) is 5.05. The molecule has 0 aliphatic rings. The summed E-state index contributed by atoms with van der Waals surface area (Å²) in [5.74, 6) is -0.160. The summed E-state index contributed by atoms with van der Waals surface area (Å²) in [5.41, 5.74) is 0.541. The molecule has 0 heterocycles. The number of aryl methyl sites for hydroxylation is 1. The molecule has 0 unspecified atom stereocenters. The van der Waals surface area contributed by atoms with Crippen LogP contribution in [0.2, 0.25) is 0 Å². The standard InChI is InChI=1S/C8H7NO4S/c1-6-2-3-7(4-8(6)11)14(12,13)9-5-10/h2-4,11H,1H3. The van der Waals surface area contributed by atoms with Gasteiger partial charge in [0, 0.05) is 6.07 Å². The fraction of sp³-hybridized carbons (Fsp3) is 0.125. The van der Waals surface area contributed by atoms with Crippen molar-refractivity contribution in [1.29, 1.82) is 0 Å². The van der Waals surface area contributed by atoms with Gasteiger partial charge in [0.2, 0.25) is 0 Å². The molecule has 0 bridgehead atoms. The maximum absolute atomic E-state index is 11.2. The lowest BCUT2D eigenvalue weighted by Gasteiger charge is -2.00. The van der Waals surface area contributed by atoms with Crippen LogP contribution < -0.4 is 0 Å². The second kappa shape index (κ2) is 3.61. The number of hydrogen-bond donors (Lipinski definition) is 1. The van der Waals surface area contributed by atoms with Crippen LogP contribution in [-0.4, -0.2) is 19.6 Å². The molecule has 0 fully saturated rings. The van der Waals surface area contributed by atoms with Crippen molar-refractivity contribution in [3.63, 3.8) is 0 Å². The maximum Gasteiger partial charge on any atom is 0.292 e. The van der Waals surface area contributed by atoms with Gasteiger partial charge < -0.3 is 5.11 Å². The first kappa shape index (κ1) is 10.4. The van der Waals surface area contributed by atoms with Gasteiger partial charge in [0.15, 0.2) is 0 Å². The van der Waals surface area contributed by atoms with Crippen LogP contribution in [0.4, 0.5) is 0 Å². The molecule has 0 radical (unpaired) electrons. The Balaban J connectivity index is 3.35. The summed E-state index contributed by atoms with van der Waals surface area (Å²) >= 11 is 0. The lowest BCUT2D eigenvalue weighted by molar-refractivity contribution is 0.469. The fourth-order valence-electron chi connectivity index (χ4n) is 0.851. The van der Waals surface area contributed by atoms with Crippen molar-refractivity contribution in [2.45, 2.75) is 11.8 Å². The number of sulfonamides is 1. The number of aromatic hydroxyl groups is 1. The average Bonchev–Trinajstić information content (AvgIpc) is 2.09. The lowest BCUT2D eigenvalue weighted by atomic mass is 10.2. The Morgan fingerprint density at radius 3 is 2.57 bits per heavy atom. The SMILES string of the molecule is Cc1ccc(S(=O)(=O)N=C=O)cc1O. The molecule has 5 nitrogen and oxygen atoms in total. The van der Waals surface area contributed by atoms with Crippen LogP contribution in [-0.2, 0) is 14.8 Å². The highest BCUT2D eigenvalue weighted by Crippen LogP contribution is 2.21. The van der Waals surface area contributed by atoms with Crippen LogP contribution in [0.5, 0.6) is 5.75 Å². The van der Waals surface area contributed by atoms with Gasteiger partial charge in [-0.2, -0.15) is 8.42 Å². The van der Waals surface area contributed by atoms with E-state index in [9.17, 15) is 18.3 Å². The summed E-state index contributed by atoms with van der Waals surface area (Å²) in [5, 5.41) is 9.23. The molecule has 1 N–H and O–H groups in total. The molecule has 1 aromatic carbocycles. The van der Waals surface area contributed by atoms with Crippen LogP contribution >= 0.6 is 0 Å². The first-order chi connectivity index (χ1) is 6.47. The van der Waals surface area contributed by atoms with Gasteiger partial charge in [-0.3, -0.25) is 0 Å². The van der Waals surface area contributed by atoms with E-state index in [0.29, 0.717) is 5.56 Å². The number of hydrogen-bond acceptors (Lipinski definition) is 4. The smallest absolute Gasteiger partial charge is 0.292 e. The third kappa shape index (κ3) is 1.99. The van der Waals surface area contributed by atoms with Crippen LogP contribution in [0.25, 0.3) is 0 Å². The lowest BCUT2D eigenvalue weighted by Crippen LogP contribution is -1.96. The molecule has 0 saturated carbocycles. The van der Waals surface area contributed by atoms with Crippen molar-refractivity contribution in [1.82, 2.24) is 0 Å². The van der Waals surface area contributed by atoms with Crippen molar-refractivity contribution in [3.05, 3.63) is 23.8 Å². The molecule has 0 aromatic heterocycles. The van der Waals surface area contributed by atoms with Crippen molar-refractivity contribution < 1.29 is 18.3 Å². The number of rotatable bonds is 2. The van der Waals surface area contributed by atoms with E-state index in [1.54, 1.807) is 6.92 Å². The van der Waals surface area contributed by atoms with E-state index in [-0.39, 0.29) is 10.6 Å². The second-order valence-electron chi connectivity index (χ2n) is 2.61. The highest BCUT2D eigenvalue weighted by atomic mass is 32.2. The second-order valence-corrected chi connectivity index (χ2v) is 4.21. The molecule has 0 amide bonds. The summed E-state index contributed by atoms with van der Waals surface area (Å²) in [6.45, 7) is 1.62. The first-order valence-electron chi connectivity index (χ1n) is 3.61. The Bertz CT molecular complexity index is 500. The predicted molar refractivity (Wildman–Crippen MR) is 48.2 cm³/mol. The van der Waals surface area contributed by atoms with E-state index >= 15 is 0 Å². The monoisotopic (exact) mass is 213 g/mol. The Kier molecular flexibility index (Phi) is 2.69. The number of benzene rings is 1. The molecule has 0 atom stereocenters. The van der Waals surface area contributed by atoms with Gasteiger partial charge in [0.05, 0.1) is 4.90 Å². The van der Waals surface area contributed by atoms with Gasteiger partial charge in [0.25, 0.3) is 16.1 Å². The van der Waals surface area contributed by atoms with E-state index in [2.05, 4.69) is 4.40 Å². The van der Waals surface area contributed by atoms with Gasteiger partial charge in [-0.05, 0) is 18.6 Å². The third-order valence-electron chi connectivity index (χ3n) is 1.64. The summed E-state index contributed by atoms with van der Waals surface area (Å²) in [6.07, 6.45) is 0.946. The summed E-state index contributed by atoms with van der Waals surface area (Å²) in [7, 11) is -4.01. The molecular formula is C8H7NO4S. The topological polar surface area (TPSA) is 83.8 Å². The Morgan fingerprint density at radius 1 is 1.43 bits per heavy atom. The van der Waals surface area contributed by atoms with E-state index in [1.807, 2.05) is 0 Å². The molecule has 6 heteroatoms. The molecular weight excluding hydrogens is 206 g/mol. The molecule has 0 spiro atoms. The normalized spacial score (nSPS) is 10.6. The Hall–Kier alpha value is -1.65. The van der Waals surface area contributed by atoms with Crippen LogP contribution in [0, 0.1) is 6.92 Å². The Labute approximate surface area is 80.8 Å². The van der Waals surface area contributed by atoms with Gasteiger partial charge in [-0.15, -0.1) is 0 Å². The van der Waals surface area contributed by atoms with Gasteiger partial charge >= 0.3 is 0 Å². The highest BCUT2D eigenvalue weighted by molar-refractivity contribution is 7.90. The van der Waals surface area contributed by atoms with Gasteiger partial charge in [0.1, 0.15) is 5.75 Å². The summed E-state index contributed by atoms with van der Waals surface area (Å²) in [4.78, 5) is 9.58. The molecule has 14 heavy (non-hydrogen) atoms. The van der Waals surface area contributed by atoms with Crippen molar-refractivity contribution in [2.75, 3.05) is 0 Å². The molecule has 1 rings (SSSR count). The summed E-state index contributed by atoms with van der Waals surface area (Å²) < 4.78 is 25.0. The molecule has 74 valence electrons. The van der Waals surface area contributed by atoms with Crippen LogP contribution in [0.3, 0.4) is 0 Å². The highest BCUT2D eigenvalue weighted by Gasteiger charge is 2.13. The fourth-order valence-corrected chi connectivity index (χ4v) is 1.56. The number of carbonyl (C=O) groups excluding carboxylic acids is 1. The maximum atomic E-state index is 11.2. The molecule has 0 aliphatic heterocycles.